The lowest BCUT2D eigenvalue weighted by atomic mass is 10.2. The monoisotopic (exact) mass is 298 g/mol. The molecular weight excluding hydrogens is 284 g/mol. The average molecular weight is 298 g/mol. The smallest absolute Gasteiger partial charge is 0.187 e. The zero-order chi connectivity index (χ0) is 14.5. The third-order valence-corrected chi connectivity index (χ3v) is 3.65. The minimum atomic E-state index is 0.561. The van der Waals surface area contributed by atoms with Gasteiger partial charge in [-0.3, -0.25) is 9.97 Å². The van der Waals surface area contributed by atoms with Crippen molar-refractivity contribution in [2.24, 2.45) is 0 Å². The Morgan fingerprint density at radius 2 is 2.10 bits per heavy atom. The minimum absolute atomic E-state index is 0.561. The van der Waals surface area contributed by atoms with Crippen molar-refractivity contribution in [1.82, 2.24) is 15.0 Å². The van der Waals surface area contributed by atoms with Crippen molar-refractivity contribution >= 4 is 22.2 Å². The molecule has 6 heteroatoms. The Bertz CT molecular complexity index is 714. The lowest BCUT2D eigenvalue weighted by Gasteiger charge is -2.08. The van der Waals surface area contributed by atoms with E-state index in [-0.39, 0.29) is 0 Å². The zero-order valence-corrected chi connectivity index (χ0v) is 12.3. The summed E-state index contributed by atoms with van der Waals surface area (Å²) in [5.41, 5.74) is 3.68. The average Bonchev–Trinajstić information content (AvgIpc) is 2.99. The minimum Gasteiger partial charge on any atom is -0.380 e. The van der Waals surface area contributed by atoms with E-state index in [0.717, 1.165) is 27.8 Å². The summed E-state index contributed by atoms with van der Waals surface area (Å²) < 4.78 is 5.21. The van der Waals surface area contributed by atoms with E-state index in [1.165, 1.54) is 11.3 Å². The second kappa shape index (κ2) is 6.43. The third-order valence-electron chi connectivity index (χ3n) is 2.89. The fourth-order valence-electron chi connectivity index (χ4n) is 1.92. The van der Waals surface area contributed by atoms with E-state index in [2.05, 4.69) is 20.3 Å². The van der Waals surface area contributed by atoms with Crippen LogP contribution in [-0.2, 0) is 11.3 Å². The van der Waals surface area contributed by atoms with Gasteiger partial charge in [0.1, 0.15) is 11.4 Å². The van der Waals surface area contributed by atoms with E-state index >= 15 is 0 Å². The Hall–Kier alpha value is -2.31. The van der Waals surface area contributed by atoms with Crippen LogP contribution in [0, 0.1) is 0 Å². The van der Waals surface area contributed by atoms with Crippen LogP contribution in [0.4, 0.5) is 10.8 Å². The lowest BCUT2D eigenvalue weighted by molar-refractivity contribution is 0.185. The van der Waals surface area contributed by atoms with Crippen LogP contribution in [0.5, 0.6) is 0 Å². The van der Waals surface area contributed by atoms with E-state index < -0.39 is 0 Å². The van der Waals surface area contributed by atoms with E-state index in [4.69, 9.17) is 4.74 Å². The molecule has 106 valence electrons. The molecule has 0 aliphatic heterocycles. The number of thiazole rings is 1. The van der Waals surface area contributed by atoms with Crippen molar-refractivity contribution in [2.45, 2.75) is 6.61 Å². The maximum atomic E-state index is 5.21. The summed E-state index contributed by atoms with van der Waals surface area (Å²) in [4.78, 5) is 12.8. The quantitative estimate of drug-likeness (QED) is 0.781. The van der Waals surface area contributed by atoms with Gasteiger partial charge in [-0.05, 0) is 6.07 Å². The summed E-state index contributed by atoms with van der Waals surface area (Å²) >= 11 is 1.54. The van der Waals surface area contributed by atoms with E-state index in [0.29, 0.717) is 6.61 Å². The van der Waals surface area contributed by atoms with Gasteiger partial charge in [0.05, 0.1) is 12.8 Å². The summed E-state index contributed by atoms with van der Waals surface area (Å²) in [6.07, 6.45) is 5.02. The first kappa shape index (κ1) is 13.7. The molecule has 0 aliphatic rings. The first-order valence-electron chi connectivity index (χ1n) is 6.42. The summed E-state index contributed by atoms with van der Waals surface area (Å²) in [6.45, 7) is 0.561. The van der Waals surface area contributed by atoms with Crippen molar-refractivity contribution in [3.05, 3.63) is 53.8 Å². The maximum Gasteiger partial charge on any atom is 0.187 e. The number of aromatic nitrogens is 3. The summed E-state index contributed by atoms with van der Waals surface area (Å²) in [5, 5.41) is 6.11. The predicted octanol–water partition coefficient (Wildman–Crippen LogP) is 3.49. The molecule has 0 radical (unpaired) electrons. The van der Waals surface area contributed by atoms with Crippen LogP contribution in [-0.4, -0.2) is 22.1 Å². The Morgan fingerprint density at radius 3 is 2.90 bits per heavy atom. The Morgan fingerprint density at radius 1 is 1.19 bits per heavy atom. The predicted molar refractivity (Wildman–Crippen MR) is 83.6 cm³/mol. The Kier molecular flexibility index (Phi) is 4.18. The zero-order valence-electron chi connectivity index (χ0n) is 11.5. The number of ether oxygens (including phenoxy) is 1. The van der Waals surface area contributed by atoms with Gasteiger partial charge in [0, 0.05) is 36.1 Å². The van der Waals surface area contributed by atoms with Gasteiger partial charge in [0.25, 0.3) is 0 Å². The van der Waals surface area contributed by atoms with E-state index in [1.54, 1.807) is 25.7 Å². The molecule has 21 heavy (non-hydrogen) atoms. The van der Waals surface area contributed by atoms with Gasteiger partial charge in [-0.1, -0.05) is 18.2 Å². The summed E-state index contributed by atoms with van der Waals surface area (Å²) in [6, 6.07) is 8.02. The molecule has 2 aromatic heterocycles. The summed E-state index contributed by atoms with van der Waals surface area (Å²) in [7, 11) is 1.69. The summed E-state index contributed by atoms with van der Waals surface area (Å²) in [5.74, 6) is 0. The van der Waals surface area contributed by atoms with Gasteiger partial charge in [-0.25, -0.2) is 4.98 Å². The molecule has 0 saturated carbocycles. The second-order valence-corrected chi connectivity index (χ2v) is 5.20. The number of methoxy groups -OCH3 is 1. The molecule has 1 N–H and O–H groups in total. The van der Waals surface area contributed by atoms with Crippen molar-refractivity contribution < 1.29 is 4.74 Å². The maximum absolute atomic E-state index is 5.21. The normalized spacial score (nSPS) is 10.5. The first-order chi connectivity index (χ1) is 10.4. The van der Waals surface area contributed by atoms with Crippen LogP contribution in [0.3, 0.4) is 0 Å². The SMILES string of the molecule is COCc1ccccc1Nc1nc(-c2cnccn2)cs1. The van der Waals surface area contributed by atoms with Crippen molar-refractivity contribution in [1.29, 1.82) is 0 Å². The highest BCUT2D eigenvalue weighted by atomic mass is 32.1. The Labute approximate surface area is 126 Å². The number of hydrogen-bond donors (Lipinski definition) is 1. The fraction of sp³-hybridized carbons (Fsp3) is 0.133. The van der Waals surface area contributed by atoms with Gasteiger partial charge in [-0.2, -0.15) is 0 Å². The molecule has 0 unspecified atom stereocenters. The van der Waals surface area contributed by atoms with Crippen LogP contribution >= 0.6 is 11.3 Å². The number of anilines is 2. The molecule has 3 rings (SSSR count). The van der Waals surface area contributed by atoms with Crippen LogP contribution in [0.2, 0.25) is 0 Å². The third kappa shape index (κ3) is 3.24. The number of para-hydroxylation sites is 1. The molecule has 0 spiro atoms. The standard InChI is InChI=1S/C15H14N4OS/c1-20-9-11-4-2-3-5-12(11)18-15-19-14(10-21-15)13-8-16-6-7-17-13/h2-8,10H,9H2,1H3,(H,18,19). The highest BCUT2D eigenvalue weighted by Gasteiger charge is 2.08. The van der Waals surface area contributed by atoms with Gasteiger partial charge in [-0.15, -0.1) is 11.3 Å². The largest absolute Gasteiger partial charge is 0.380 e. The van der Waals surface area contributed by atoms with E-state index in [1.807, 2.05) is 29.6 Å². The molecule has 0 bridgehead atoms. The molecule has 1 aromatic carbocycles. The molecule has 0 amide bonds. The molecule has 0 aliphatic carbocycles. The molecule has 0 saturated heterocycles. The number of benzene rings is 1. The van der Waals surface area contributed by atoms with Crippen LogP contribution in [0.15, 0.2) is 48.2 Å². The van der Waals surface area contributed by atoms with Crippen molar-refractivity contribution in [3.63, 3.8) is 0 Å². The second-order valence-electron chi connectivity index (χ2n) is 4.34. The van der Waals surface area contributed by atoms with Crippen molar-refractivity contribution in [3.8, 4) is 11.4 Å². The topological polar surface area (TPSA) is 59.9 Å². The van der Waals surface area contributed by atoms with Gasteiger partial charge in [0.15, 0.2) is 5.13 Å². The highest BCUT2D eigenvalue weighted by molar-refractivity contribution is 7.14. The molecule has 2 heterocycles. The van der Waals surface area contributed by atoms with Gasteiger partial charge in [0.2, 0.25) is 0 Å². The van der Waals surface area contributed by atoms with Gasteiger partial charge < -0.3 is 10.1 Å². The molecular formula is C15H14N4OS. The molecule has 5 nitrogen and oxygen atoms in total. The first-order valence-corrected chi connectivity index (χ1v) is 7.30. The number of nitrogens with one attached hydrogen (secondary N) is 1. The fourth-order valence-corrected chi connectivity index (χ4v) is 2.64. The van der Waals surface area contributed by atoms with Crippen molar-refractivity contribution in [2.75, 3.05) is 12.4 Å². The number of rotatable bonds is 5. The number of nitrogens with zero attached hydrogens (tertiary/aromatic N) is 3. The molecule has 0 fully saturated rings. The highest BCUT2D eigenvalue weighted by Crippen LogP contribution is 2.27. The van der Waals surface area contributed by atoms with Crippen LogP contribution in [0.25, 0.3) is 11.4 Å². The van der Waals surface area contributed by atoms with Gasteiger partial charge >= 0.3 is 0 Å². The Balaban J connectivity index is 1.82. The molecule has 0 atom stereocenters. The molecule has 3 aromatic rings. The van der Waals surface area contributed by atoms with E-state index in [9.17, 15) is 0 Å². The van der Waals surface area contributed by atoms with Crippen LogP contribution in [0.1, 0.15) is 5.56 Å². The van der Waals surface area contributed by atoms with Crippen LogP contribution < -0.4 is 5.32 Å². The lowest BCUT2D eigenvalue weighted by Crippen LogP contribution is -1.97. The number of hydrogen-bond acceptors (Lipinski definition) is 6.